The highest BCUT2D eigenvalue weighted by Crippen LogP contribution is 2.38. The molecule has 0 radical (unpaired) electrons. The molecule has 0 aromatic heterocycles. The molecule has 1 unspecified atom stereocenters. The average molecular weight is 390 g/mol. The van der Waals surface area contributed by atoms with E-state index < -0.39 is 35.2 Å². The zero-order valence-corrected chi connectivity index (χ0v) is 14.8. The molecule has 1 atom stereocenters. The Morgan fingerprint density at radius 3 is 2.54 bits per heavy atom. The second-order valence-electron chi connectivity index (χ2n) is 5.52. The molecule has 2 aromatic carbocycles. The van der Waals surface area contributed by atoms with E-state index in [9.17, 15) is 19.2 Å². The van der Waals surface area contributed by atoms with Gasteiger partial charge in [-0.25, -0.2) is 0 Å². The molecule has 2 N–H and O–H groups in total. The molecule has 1 aliphatic heterocycles. The first kappa shape index (κ1) is 18.2. The van der Waals surface area contributed by atoms with Crippen molar-refractivity contribution in [3.8, 4) is 11.1 Å². The summed E-state index contributed by atoms with van der Waals surface area (Å²) in [5.41, 5.74) is 1.64. The number of hydrogen-bond acceptors (Lipinski definition) is 5. The molecule has 0 saturated carbocycles. The predicted molar refractivity (Wildman–Crippen MR) is 96.2 cm³/mol. The van der Waals surface area contributed by atoms with Crippen molar-refractivity contribution in [1.82, 2.24) is 5.32 Å². The molecular weight excluding hydrogens is 378 g/mol. The van der Waals surface area contributed by atoms with Crippen LogP contribution < -0.4 is 5.32 Å². The molecule has 0 bridgehead atoms. The molecule has 0 aliphatic carbocycles. The number of carboxylic acids is 1. The van der Waals surface area contributed by atoms with Crippen LogP contribution in [0.15, 0.2) is 47.4 Å². The summed E-state index contributed by atoms with van der Waals surface area (Å²) in [5, 5.41) is 10.6. The summed E-state index contributed by atoms with van der Waals surface area (Å²) >= 11 is 6.98. The number of rotatable bonds is 4. The maximum atomic E-state index is 12.7. The number of benzene rings is 2. The van der Waals surface area contributed by atoms with Crippen LogP contribution in [0.3, 0.4) is 0 Å². The largest absolute Gasteiger partial charge is 0.480 e. The van der Waals surface area contributed by atoms with E-state index in [0.717, 1.165) is 17.3 Å². The lowest BCUT2D eigenvalue weighted by atomic mass is 9.94. The van der Waals surface area contributed by atoms with Gasteiger partial charge in [0.1, 0.15) is 6.54 Å². The van der Waals surface area contributed by atoms with Crippen molar-refractivity contribution in [3.05, 3.63) is 53.1 Å². The van der Waals surface area contributed by atoms with Gasteiger partial charge >= 0.3 is 5.97 Å². The van der Waals surface area contributed by atoms with Gasteiger partial charge in [0.15, 0.2) is 11.7 Å². The standard InChI is InChI=1S/C18H12ClNO5S/c19-12-4-2-1-3-10(12)9-5-6-13-11(7-9)16(23)15(18(25)26-13)17(24)20-8-14(21)22/h1-7,15H,8H2,(H,20,24)(H,21,22). The Morgan fingerprint density at radius 2 is 1.85 bits per heavy atom. The molecule has 26 heavy (non-hydrogen) atoms. The number of carbonyl (C=O) groups excluding carboxylic acids is 3. The topological polar surface area (TPSA) is 101 Å². The summed E-state index contributed by atoms with van der Waals surface area (Å²) in [6.07, 6.45) is 0. The number of hydrogen-bond donors (Lipinski definition) is 2. The summed E-state index contributed by atoms with van der Waals surface area (Å²) in [6, 6.07) is 12.1. The van der Waals surface area contributed by atoms with Gasteiger partial charge in [0.05, 0.1) is 0 Å². The zero-order chi connectivity index (χ0) is 18.8. The van der Waals surface area contributed by atoms with Crippen LogP contribution in [0.2, 0.25) is 5.02 Å². The van der Waals surface area contributed by atoms with E-state index in [0.29, 0.717) is 15.5 Å². The lowest BCUT2D eigenvalue weighted by Gasteiger charge is -2.21. The van der Waals surface area contributed by atoms with E-state index in [2.05, 4.69) is 5.32 Å². The van der Waals surface area contributed by atoms with Crippen molar-refractivity contribution < 1.29 is 24.3 Å². The molecular formula is C18H12ClNO5S. The molecule has 8 heteroatoms. The summed E-state index contributed by atoms with van der Waals surface area (Å²) < 4.78 is 0. The van der Waals surface area contributed by atoms with Gasteiger partial charge in [0.2, 0.25) is 11.0 Å². The lowest BCUT2D eigenvalue weighted by molar-refractivity contribution is -0.139. The number of carboxylic acid groups (broad SMARTS) is 1. The van der Waals surface area contributed by atoms with Crippen LogP contribution in [0, 0.1) is 5.92 Å². The van der Waals surface area contributed by atoms with E-state index in [1.54, 1.807) is 36.4 Å². The van der Waals surface area contributed by atoms with Crippen molar-refractivity contribution in [3.63, 3.8) is 0 Å². The number of carbonyl (C=O) groups is 4. The zero-order valence-electron chi connectivity index (χ0n) is 13.2. The van der Waals surface area contributed by atoms with Crippen LogP contribution in [-0.2, 0) is 14.4 Å². The fraction of sp³-hybridized carbons (Fsp3) is 0.111. The third kappa shape index (κ3) is 3.49. The maximum absolute atomic E-state index is 12.7. The Kier molecular flexibility index (Phi) is 5.11. The van der Waals surface area contributed by atoms with Gasteiger partial charge in [-0.2, -0.15) is 0 Å². The van der Waals surface area contributed by atoms with Gasteiger partial charge in [0, 0.05) is 21.0 Å². The van der Waals surface area contributed by atoms with Gasteiger partial charge in [-0.1, -0.05) is 35.9 Å². The van der Waals surface area contributed by atoms with Gasteiger partial charge in [0.25, 0.3) is 0 Å². The fourth-order valence-electron chi connectivity index (χ4n) is 2.60. The van der Waals surface area contributed by atoms with E-state index in [-0.39, 0.29) is 5.56 Å². The predicted octanol–water partition coefficient (Wildman–Crippen LogP) is 2.64. The average Bonchev–Trinajstić information content (AvgIpc) is 2.60. The molecule has 2 aromatic rings. The first-order valence-electron chi connectivity index (χ1n) is 7.53. The van der Waals surface area contributed by atoms with Gasteiger partial charge in [-0.3, -0.25) is 19.2 Å². The minimum absolute atomic E-state index is 0.238. The summed E-state index contributed by atoms with van der Waals surface area (Å²) in [5.74, 6) is -4.39. The second-order valence-corrected chi connectivity index (χ2v) is 6.97. The Morgan fingerprint density at radius 1 is 1.12 bits per heavy atom. The molecule has 1 amide bonds. The molecule has 132 valence electrons. The van der Waals surface area contributed by atoms with E-state index in [4.69, 9.17) is 16.7 Å². The third-order valence-electron chi connectivity index (χ3n) is 3.81. The normalized spacial score (nSPS) is 16.1. The van der Waals surface area contributed by atoms with Crippen LogP contribution in [0.1, 0.15) is 10.4 Å². The van der Waals surface area contributed by atoms with Crippen molar-refractivity contribution >= 4 is 46.1 Å². The molecule has 1 aliphatic rings. The Balaban J connectivity index is 1.96. The van der Waals surface area contributed by atoms with Crippen molar-refractivity contribution in [2.45, 2.75) is 4.90 Å². The van der Waals surface area contributed by atoms with Crippen LogP contribution in [-0.4, -0.2) is 34.4 Å². The number of nitrogens with one attached hydrogen (secondary N) is 1. The van der Waals surface area contributed by atoms with Crippen LogP contribution in [0.25, 0.3) is 11.1 Å². The quantitative estimate of drug-likeness (QED) is 0.779. The van der Waals surface area contributed by atoms with Gasteiger partial charge in [-0.15, -0.1) is 0 Å². The third-order valence-corrected chi connectivity index (χ3v) is 5.16. The van der Waals surface area contributed by atoms with Crippen molar-refractivity contribution in [2.24, 2.45) is 5.92 Å². The van der Waals surface area contributed by atoms with Crippen molar-refractivity contribution in [1.29, 1.82) is 0 Å². The van der Waals surface area contributed by atoms with E-state index >= 15 is 0 Å². The van der Waals surface area contributed by atoms with Gasteiger partial charge in [-0.05, 0) is 35.5 Å². The maximum Gasteiger partial charge on any atom is 0.322 e. The molecule has 1 heterocycles. The molecule has 0 spiro atoms. The highest BCUT2D eigenvalue weighted by atomic mass is 35.5. The number of aliphatic carboxylic acids is 1. The number of thioether (sulfide) groups is 1. The van der Waals surface area contributed by atoms with Crippen LogP contribution >= 0.6 is 23.4 Å². The minimum Gasteiger partial charge on any atom is -0.480 e. The van der Waals surface area contributed by atoms with Gasteiger partial charge < -0.3 is 10.4 Å². The first-order chi connectivity index (χ1) is 12.4. The number of ketones is 1. The monoisotopic (exact) mass is 389 g/mol. The minimum atomic E-state index is -1.56. The summed E-state index contributed by atoms with van der Waals surface area (Å²) in [6.45, 7) is -0.660. The molecule has 0 fully saturated rings. The van der Waals surface area contributed by atoms with Crippen LogP contribution in [0.4, 0.5) is 0 Å². The van der Waals surface area contributed by atoms with E-state index in [1.165, 1.54) is 0 Å². The number of fused-ring (bicyclic) bond motifs is 1. The Bertz CT molecular complexity index is 943. The second kappa shape index (κ2) is 7.31. The number of amides is 1. The Labute approximate surface area is 157 Å². The summed E-state index contributed by atoms with van der Waals surface area (Å²) in [7, 11) is 0. The molecule has 3 rings (SSSR count). The highest BCUT2D eigenvalue weighted by molar-refractivity contribution is 8.14. The number of halogens is 1. The van der Waals surface area contributed by atoms with Crippen molar-refractivity contribution in [2.75, 3.05) is 6.54 Å². The smallest absolute Gasteiger partial charge is 0.322 e. The van der Waals surface area contributed by atoms with E-state index in [1.807, 2.05) is 6.07 Å². The number of Topliss-reactive ketones (excluding diaryl/α,β-unsaturated/α-hetero) is 1. The SMILES string of the molecule is O=C(O)CNC(=O)C1C(=O)Sc2ccc(-c3ccccc3Cl)cc2C1=O. The molecule has 6 nitrogen and oxygen atoms in total. The fourth-order valence-corrected chi connectivity index (χ4v) is 3.79. The van der Waals surface area contributed by atoms with Crippen LogP contribution in [0.5, 0.6) is 0 Å². The highest BCUT2D eigenvalue weighted by Gasteiger charge is 2.40. The first-order valence-corrected chi connectivity index (χ1v) is 8.72. The Hall–Kier alpha value is -2.64. The molecule has 0 saturated heterocycles. The summed E-state index contributed by atoms with van der Waals surface area (Å²) in [4.78, 5) is 48.0. The lowest BCUT2D eigenvalue weighted by Crippen LogP contribution is -2.42.